The molecule has 3 N–H and O–H groups in total. The van der Waals surface area contributed by atoms with Crippen LogP contribution >= 0.6 is 0 Å². The van der Waals surface area contributed by atoms with Gasteiger partial charge in [0.15, 0.2) is 0 Å². The molecule has 1 atom stereocenters. The summed E-state index contributed by atoms with van der Waals surface area (Å²) in [5, 5.41) is 22.5. The van der Waals surface area contributed by atoms with Gasteiger partial charge in [0, 0.05) is 101 Å². The third-order valence-corrected chi connectivity index (χ3v) is 8.24. The van der Waals surface area contributed by atoms with Crippen molar-refractivity contribution in [3.63, 3.8) is 0 Å². The second-order valence-electron chi connectivity index (χ2n) is 11.2. The maximum atomic E-state index is 9.85. The van der Waals surface area contributed by atoms with Crippen molar-refractivity contribution in [2.24, 2.45) is 0 Å². The van der Waals surface area contributed by atoms with Crippen LogP contribution in [-0.2, 0) is 6.54 Å². The summed E-state index contributed by atoms with van der Waals surface area (Å²) in [6, 6.07) is 6.44. The molecule has 1 aromatic carbocycles. The summed E-state index contributed by atoms with van der Waals surface area (Å²) in [5.41, 5.74) is 6.99. The molecule has 216 valence electrons. The van der Waals surface area contributed by atoms with Gasteiger partial charge in [0.2, 0.25) is 5.95 Å². The number of rotatable bonds is 9. The Hall–Kier alpha value is -3.02. The average molecular weight is 549 g/mol. The highest BCUT2D eigenvalue weighted by Crippen LogP contribution is 2.27. The number of hydrogen-bond donors (Lipinski definition) is 3. The van der Waals surface area contributed by atoms with Crippen LogP contribution in [0, 0.1) is 20.8 Å². The van der Waals surface area contributed by atoms with E-state index in [0.717, 1.165) is 82.5 Å². The predicted molar refractivity (Wildman–Crippen MR) is 160 cm³/mol. The van der Waals surface area contributed by atoms with Crippen molar-refractivity contribution in [3.8, 4) is 5.82 Å². The molecule has 40 heavy (non-hydrogen) atoms. The number of piperazine rings is 2. The molecule has 2 fully saturated rings. The largest absolute Gasteiger partial charge is 0.395 e. The Labute approximate surface area is 237 Å². The molecule has 2 aliphatic heterocycles. The van der Waals surface area contributed by atoms with Gasteiger partial charge in [0.1, 0.15) is 12.0 Å². The van der Waals surface area contributed by atoms with Crippen molar-refractivity contribution >= 4 is 17.3 Å². The van der Waals surface area contributed by atoms with Crippen LogP contribution in [0.5, 0.6) is 0 Å². The maximum Gasteiger partial charge on any atom is 0.229 e. The molecular weight excluding hydrogens is 504 g/mol. The molecule has 0 spiro atoms. The van der Waals surface area contributed by atoms with Gasteiger partial charge in [-0.1, -0.05) is 0 Å². The Balaban J connectivity index is 1.25. The predicted octanol–water partition coefficient (Wildman–Crippen LogP) is 2.51. The van der Waals surface area contributed by atoms with E-state index in [0.29, 0.717) is 5.95 Å². The topological polar surface area (TPSA) is 96.2 Å². The molecule has 0 amide bonds. The van der Waals surface area contributed by atoms with Gasteiger partial charge < -0.3 is 25.0 Å². The van der Waals surface area contributed by atoms with Gasteiger partial charge >= 0.3 is 0 Å². The number of anilines is 3. The lowest BCUT2D eigenvalue weighted by molar-refractivity contribution is -0.0142. The molecule has 2 saturated heterocycles. The monoisotopic (exact) mass is 548 g/mol. The fourth-order valence-electron chi connectivity index (χ4n) is 5.75. The standard InChI is InChI=1S/C30H44N8O2/c1-22-17-27(5-6-28(22)37-13-7-34(8-14-37)15-16-39)32-30-31-18-23(2)29(33-30)38-19-24(3)26(21-38)20-35-9-11-36(12-10-35)25(4)40/h5-6,17-19,21,25,39-40H,7-16,20H2,1-4H3,(H,31,32,33). The van der Waals surface area contributed by atoms with Crippen molar-refractivity contribution in [3.05, 3.63) is 59.0 Å². The quantitative estimate of drug-likeness (QED) is 0.373. The van der Waals surface area contributed by atoms with Gasteiger partial charge in [-0.15, -0.1) is 0 Å². The number of benzene rings is 1. The third-order valence-electron chi connectivity index (χ3n) is 8.24. The van der Waals surface area contributed by atoms with E-state index < -0.39 is 0 Å². The first kappa shape index (κ1) is 28.5. The van der Waals surface area contributed by atoms with Crippen LogP contribution in [0.25, 0.3) is 5.82 Å². The van der Waals surface area contributed by atoms with E-state index in [2.05, 4.69) is 78.9 Å². The van der Waals surface area contributed by atoms with Crippen LogP contribution in [0.2, 0.25) is 0 Å². The third kappa shape index (κ3) is 6.64. The van der Waals surface area contributed by atoms with Crippen LogP contribution in [-0.4, -0.2) is 111 Å². The van der Waals surface area contributed by atoms with Crippen molar-refractivity contribution in [2.45, 2.75) is 40.5 Å². The number of nitrogens with one attached hydrogen (secondary N) is 1. The van der Waals surface area contributed by atoms with Crippen LogP contribution in [0.3, 0.4) is 0 Å². The van der Waals surface area contributed by atoms with Crippen LogP contribution in [0.1, 0.15) is 29.2 Å². The lowest BCUT2D eigenvalue weighted by Gasteiger charge is -2.36. The molecule has 4 heterocycles. The van der Waals surface area contributed by atoms with Gasteiger partial charge in [-0.25, -0.2) is 4.98 Å². The van der Waals surface area contributed by atoms with E-state index in [1.54, 1.807) is 0 Å². The Bertz CT molecular complexity index is 1280. The minimum Gasteiger partial charge on any atom is -0.395 e. The fourth-order valence-corrected chi connectivity index (χ4v) is 5.75. The van der Waals surface area contributed by atoms with E-state index in [-0.39, 0.29) is 12.8 Å². The number of hydrogen-bond acceptors (Lipinski definition) is 9. The zero-order valence-corrected chi connectivity index (χ0v) is 24.3. The molecule has 0 saturated carbocycles. The smallest absolute Gasteiger partial charge is 0.229 e. The first-order valence-corrected chi connectivity index (χ1v) is 14.4. The van der Waals surface area contributed by atoms with Crippen LogP contribution < -0.4 is 10.2 Å². The Morgan fingerprint density at radius 1 is 0.900 bits per heavy atom. The van der Waals surface area contributed by atoms with Gasteiger partial charge in [0.25, 0.3) is 0 Å². The summed E-state index contributed by atoms with van der Waals surface area (Å²) in [7, 11) is 0. The summed E-state index contributed by atoms with van der Waals surface area (Å²) < 4.78 is 2.11. The lowest BCUT2D eigenvalue weighted by Crippen LogP contribution is -2.49. The average Bonchev–Trinajstić information content (AvgIpc) is 3.30. The van der Waals surface area contributed by atoms with E-state index in [1.807, 2.05) is 20.0 Å². The Morgan fingerprint density at radius 2 is 1.62 bits per heavy atom. The normalized spacial score (nSPS) is 18.3. The number of aromatic nitrogens is 3. The molecule has 2 aromatic heterocycles. The van der Waals surface area contributed by atoms with E-state index >= 15 is 0 Å². The first-order chi connectivity index (χ1) is 19.3. The van der Waals surface area contributed by atoms with E-state index in [9.17, 15) is 10.2 Å². The van der Waals surface area contributed by atoms with Gasteiger partial charge in [-0.3, -0.25) is 14.7 Å². The lowest BCUT2D eigenvalue weighted by atomic mass is 10.1. The number of aryl methyl sites for hydroxylation is 3. The van der Waals surface area contributed by atoms with Gasteiger partial charge in [-0.05, 0) is 62.6 Å². The highest BCUT2D eigenvalue weighted by atomic mass is 16.3. The minimum absolute atomic E-state index is 0.219. The number of aliphatic hydroxyl groups excluding tert-OH is 2. The van der Waals surface area contributed by atoms with Crippen molar-refractivity contribution in [1.82, 2.24) is 29.2 Å². The number of aliphatic hydroxyl groups is 2. The Morgan fingerprint density at radius 3 is 2.30 bits per heavy atom. The highest BCUT2D eigenvalue weighted by Gasteiger charge is 2.21. The van der Waals surface area contributed by atoms with Crippen LogP contribution in [0.15, 0.2) is 36.8 Å². The van der Waals surface area contributed by atoms with E-state index in [4.69, 9.17) is 4.98 Å². The summed E-state index contributed by atoms with van der Waals surface area (Å²) in [5.74, 6) is 1.45. The fraction of sp³-hybridized carbons (Fsp3) is 0.533. The van der Waals surface area contributed by atoms with Crippen LogP contribution in [0.4, 0.5) is 17.3 Å². The molecule has 1 unspecified atom stereocenters. The van der Waals surface area contributed by atoms with Crippen molar-refractivity contribution < 1.29 is 10.2 Å². The van der Waals surface area contributed by atoms with E-state index in [1.165, 1.54) is 22.4 Å². The Kier molecular flexibility index (Phi) is 9.02. The molecule has 0 bridgehead atoms. The number of nitrogens with zero attached hydrogens (tertiary/aromatic N) is 7. The molecule has 5 rings (SSSR count). The van der Waals surface area contributed by atoms with Gasteiger partial charge in [-0.2, -0.15) is 4.98 Å². The molecule has 2 aliphatic rings. The first-order valence-electron chi connectivity index (χ1n) is 14.4. The minimum atomic E-state index is -0.380. The summed E-state index contributed by atoms with van der Waals surface area (Å²) in [6.07, 6.45) is 5.84. The molecule has 10 heteroatoms. The van der Waals surface area contributed by atoms with Crippen molar-refractivity contribution in [1.29, 1.82) is 0 Å². The summed E-state index contributed by atoms with van der Waals surface area (Å²) in [4.78, 5) is 18.8. The maximum absolute atomic E-state index is 9.85. The zero-order valence-electron chi connectivity index (χ0n) is 24.3. The van der Waals surface area contributed by atoms with Crippen molar-refractivity contribution in [2.75, 3.05) is 75.7 Å². The molecule has 0 radical (unpaired) electrons. The zero-order chi connectivity index (χ0) is 28.2. The molecule has 3 aromatic rings. The molecule has 10 nitrogen and oxygen atoms in total. The highest BCUT2D eigenvalue weighted by molar-refractivity contribution is 5.64. The molecule has 0 aliphatic carbocycles. The number of β-amino-alcohol motifs (C(OH)–C–C–N with tert-alkyl or cyclic N) is 1. The summed E-state index contributed by atoms with van der Waals surface area (Å²) in [6.45, 7) is 17.6. The second-order valence-corrected chi connectivity index (χ2v) is 11.2. The van der Waals surface area contributed by atoms with Gasteiger partial charge in [0.05, 0.1) is 6.61 Å². The molecular formula is C30H44N8O2. The second kappa shape index (κ2) is 12.7. The SMILES string of the molecule is Cc1cn(-c2nc(Nc3ccc(N4CCN(CCO)CC4)c(C)c3)ncc2C)cc1CN1CCN(C(C)O)CC1. The summed E-state index contributed by atoms with van der Waals surface area (Å²) >= 11 is 0.